The number of nitrogens with one attached hydrogen (secondary N) is 1. The van der Waals surface area contributed by atoms with Crippen molar-refractivity contribution in [1.82, 2.24) is 19.6 Å². The van der Waals surface area contributed by atoms with Gasteiger partial charge >= 0.3 is 0 Å². The van der Waals surface area contributed by atoms with Gasteiger partial charge in [-0.1, -0.05) is 72.3 Å². The molecule has 0 aliphatic rings. The number of nitrogens with zero attached hydrogens (tertiary/aromatic N) is 4. The second-order valence-electron chi connectivity index (χ2n) is 8.03. The third kappa shape index (κ3) is 4.72. The third-order valence-electron chi connectivity index (χ3n) is 5.60. The Morgan fingerprint density at radius 3 is 2.29 bits per heavy atom. The maximum atomic E-state index is 13.5. The number of carbonyl (C=O) groups is 1. The van der Waals surface area contributed by atoms with Gasteiger partial charge in [-0.3, -0.25) is 9.48 Å². The van der Waals surface area contributed by atoms with Crippen LogP contribution >= 0.6 is 11.6 Å². The lowest BCUT2D eigenvalue weighted by Gasteiger charge is -2.06. The van der Waals surface area contributed by atoms with Crippen LogP contribution < -0.4 is 5.32 Å². The molecule has 1 amide bonds. The minimum absolute atomic E-state index is 0.240. The third-order valence-corrected chi connectivity index (χ3v) is 5.87. The fourth-order valence-corrected chi connectivity index (χ4v) is 4.10. The molecule has 2 aromatic heterocycles. The van der Waals surface area contributed by atoms with E-state index in [0.29, 0.717) is 28.5 Å². The van der Waals surface area contributed by atoms with Crippen molar-refractivity contribution in [3.05, 3.63) is 119 Å². The van der Waals surface area contributed by atoms with Crippen molar-refractivity contribution in [2.45, 2.75) is 13.5 Å². The van der Waals surface area contributed by atoms with Gasteiger partial charge in [0.15, 0.2) is 5.82 Å². The van der Waals surface area contributed by atoms with Gasteiger partial charge < -0.3 is 5.32 Å². The first-order chi connectivity index (χ1) is 17.0. The van der Waals surface area contributed by atoms with Gasteiger partial charge in [0.05, 0.1) is 23.5 Å². The lowest BCUT2D eigenvalue weighted by molar-refractivity contribution is 0.102. The molecule has 0 atom stereocenters. The molecule has 0 aliphatic carbocycles. The molecule has 0 saturated heterocycles. The van der Waals surface area contributed by atoms with Crippen molar-refractivity contribution in [2.24, 2.45) is 0 Å². The van der Waals surface area contributed by atoms with Crippen LogP contribution in [0.15, 0.2) is 91.1 Å². The van der Waals surface area contributed by atoms with Crippen molar-refractivity contribution in [3.8, 4) is 16.9 Å². The second kappa shape index (κ2) is 9.56. The fraction of sp³-hybridized carbons (Fsp3) is 0.0741. The standard InChI is InChI=1S/C27H21ClFN5O/c1-18-24(25(20-8-4-2-5-9-20)31-34(18)22-10-6-3-7-11-22)27(35)30-26-23(28)17-33(32-26)16-19-12-14-21(29)15-13-19/h2-15,17H,16H2,1H3,(H,30,32,35). The molecular formula is C27H21ClFN5O. The Balaban J connectivity index is 1.48. The van der Waals surface area contributed by atoms with E-state index in [1.165, 1.54) is 12.1 Å². The second-order valence-corrected chi connectivity index (χ2v) is 8.43. The monoisotopic (exact) mass is 485 g/mol. The Hall–Kier alpha value is -4.23. The Morgan fingerprint density at radius 2 is 1.60 bits per heavy atom. The highest BCUT2D eigenvalue weighted by atomic mass is 35.5. The van der Waals surface area contributed by atoms with Gasteiger partial charge in [-0.15, -0.1) is 0 Å². The number of carbonyl (C=O) groups excluding carboxylic acids is 1. The molecule has 0 aliphatic heterocycles. The number of rotatable bonds is 6. The number of amides is 1. The summed E-state index contributed by atoms with van der Waals surface area (Å²) in [5.41, 5.74) is 4.21. The maximum Gasteiger partial charge on any atom is 0.261 e. The van der Waals surface area contributed by atoms with Crippen LogP contribution in [0.4, 0.5) is 10.2 Å². The average Bonchev–Trinajstić information content (AvgIpc) is 3.40. The molecule has 0 fully saturated rings. The van der Waals surface area contributed by atoms with E-state index in [2.05, 4.69) is 10.4 Å². The Bertz CT molecular complexity index is 1480. The minimum atomic E-state index is -0.363. The number of hydrogen-bond acceptors (Lipinski definition) is 3. The summed E-state index contributed by atoms with van der Waals surface area (Å²) in [5.74, 6) is -0.428. The average molecular weight is 486 g/mol. The van der Waals surface area contributed by atoms with Crippen LogP contribution in [-0.2, 0) is 6.54 Å². The number of anilines is 1. The Labute approximate surface area is 206 Å². The van der Waals surface area contributed by atoms with E-state index in [1.807, 2.05) is 67.6 Å². The van der Waals surface area contributed by atoms with E-state index in [-0.39, 0.29) is 17.5 Å². The molecule has 6 nitrogen and oxygen atoms in total. The molecule has 5 rings (SSSR count). The van der Waals surface area contributed by atoms with Crippen LogP contribution in [0.3, 0.4) is 0 Å². The smallest absolute Gasteiger partial charge is 0.261 e. The van der Waals surface area contributed by atoms with Crippen LogP contribution in [0, 0.1) is 12.7 Å². The van der Waals surface area contributed by atoms with Gasteiger partial charge in [-0.05, 0) is 36.8 Å². The first-order valence-electron chi connectivity index (χ1n) is 11.0. The van der Waals surface area contributed by atoms with Gasteiger partial charge in [0, 0.05) is 11.8 Å². The molecule has 2 heterocycles. The Morgan fingerprint density at radius 1 is 0.943 bits per heavy atom. The molecule has 0 bridgehead atoms. The quantitative estimate of drug-likeness (QED) is 0.314. The van der Waals surface area contributed by atoms with Crippen molar-refractivity contribution in [2.75, 3.05) is 5.32 Å². The maximum absolute atomic E-state index is 13.5. The molecule has 8 heteroatoms. The lowest BCUT2D eigenvalue weighted by Crippen LogP contribution is -2.15. The van der Waals surface area contributed by atoms with E-state index in [9.17, 15) is 9.18 Å². The zero-order valence-electron chi connectivity index (χ0n) is 18.8. The van der Waals surface area contributed by atoms with Crippen LogP contribution in [0.1, 0.15) is 21.6 Å². The molecule has 5 aromatic rings. The number of para-hydroxylation sites is 1. The predicted molar refractivity (Wildman–Crippen MR) is 134 cm³/mol. The van der Waals surface area contributed by atoms with Crippen molar-refractivity contribution >= 4 is 23.3 Å². The summed E-state index contributed by atoms with van der Waals surface area (Å²) in [6, 6.07) is 25.3. The van der Waals surface area contributed by atoms with Gasteiger partial charge in [-0.25, -0.2) is 9.07 Å². The summed E-state index contributed by atoms with van der Waals surface area (Å²) in [5, 5.41) is 12.3. The topological polar surface area (TPSA) is 64.7 Å². The highest BCUT2D eigenvalue weighted by Crippen LogP contribution is 2.29. The van der Waals surface area contributed by atoms with Crippen LogP contribution in [0.25, 0.3) is 16.9 Å². The first-order valence-corrected chi connectivity index (χ1v) is 11.4. The van der Waals surface area contributed by atoms with Crippen molar-refractivity contribution in [1.29, 1.82) is 0 Å². The van der Waals surface area contributed by atoms with Crippen molar-refractivity contribution in [3.63, 3.8) is 0 Å². The van der Waals surface area contributed by atoms with Gasteiger partial charge in [-0.2, -0.15) is 10.2 Å². The van der Waals surface area contributed by atoms with Gasteiger partial charge in [0.25, 0.3) is 5.91 Å². The summed E-state index contributed by atoms with van der Waals surface area (Å²) in [6.07, 6.45) is 1.62. The summed E-state index contributed by atoms with van der Waals surface area (Å²) >= 11 is 6.39. The predicted octanol–water partition coefficient (Wildman–Crippen LogP) is 6.14. The summed E-state index contributed by atoms with van der Waals surface area (Å²) < 4.78 is 16.6. The number of aromatic nitrogens is 4. The molecule has 174 valence electrons. The largest absolute Gasteiger partial charge is 0.304 e. The summed E-state index contributed by atoms with van der Waals surface area (Å²) in [7, 11) is 0. The van der Waals surface area contributed by atoms with Crippen molar-refractivity contribution < 1.29 is 9.18 Å². The molecule has 0 saturated carbocycles. The zero-order valence-corrected chi connectivity index (χ0v) is 19.6. The normalized spacial score (nSPS) is 10.9. The molecule has 1 N–H and O–H groups in total. The van der Waals surface area contributed by atoms with E-state index in [1.54, 1.807) is 27.7 Å². The van der Waals surface area contributed by atoms with Gasteiger partial charge in [0.1, 0.15) is 16.5 Å². The molecule has 0 radical (unpaired) electrons. The van der Waals surface area contributed by atoms with E-state index in [0.717, 1.165) is 16.8 Å². The SMILES string of the molecule is Cc1c(C(=O)Nc2nn(Cc3ccc(F)cc3)cc2Cl)c(-c2ccccc2)nn1-c1ccccc1. The zero-order chi connectivity index (χ0) is 24.4. The van der Waals surface area contributed by atoms with Gasteiger partial charge in [0.2, 0.25) is 0 Å². The van der Waals surface area contributed by atoms with Crippen LogP contribution in [0.2, 0.25) is 5.02 Å². The van der Waals surface area contributed by atoms with E-state index in [4.69, 9.17) is 16.7 Å². The summed E-state index contributed by atoms with van der Waals surface area (Å²) in [4.78, 5) is 13.5. The summed E-state index contributed by atoms with van der Waals surface area (Å²) in [6.45, 7) is 2.24. The molecule has 3 aromatic carbocycles. The highest BCUT2D eigenvalue weighted by molar-refractivity contribution is 6.33. The number of halogens is 2. The van der Waals surface area contributed by atoms with Crippen LogP contribution in [0.5, 0.6) is 0 Å². The fourth-order valence-electron chi connectivity index (χ4n) is 3.90. The first kappa shape index (κ1) is 22.6. The van der Waals surface area contributed by atoms with Crippen LogP contribution in [-0.4, -0.2) is 25.5 Å². The molecular weight excluding hydrogens is 465 g/mol. The van der Waals surface area contributed by atoms with E-state index >= 15 is 0 Å². The minimum Gasteiger partial charge on any atom is -0.304 e. The lowest BCUT2D eigenvalue weighted by atomic mass is 10.1. The number of hydrogen-bond donors (Lipinski definition) is 1. The number of benzene rings is 3. The highest BCUT2D eigenvalue weighted by Gasteiger charge is 2.24. The Kier molecular flexibility index (Phi) is 6.16. The molecule has 35 heavy (non-hydrogen) atoms. The molecule has 0 spiro atoms. The molecule has 0 unspecified atom stereocenters. The van der Waals surface area contributed by atoms with E-state index < -0.39 is 0 Å².